The largest absolute Gasteiger partial charge is 0.480 e. The zero-order valence-corrected chi connectivity index (χ0v) is 14.6. The van der Waals surface area contributed by atoms with Gasteiger partial charge in [-0.15, -0.1) is 0 Å². The molecular weight excluding hydrogens is 305 g/mol. The highest BCUT2D eigenvalue weighted by molar-refractivity contribution is 5.81. The van der Waals surface area contributed by atoms with Crippen molar-refractivity contribution in [2.75, 3.05) is 0 Å². The molecule has 128 valence electrons. The molecule has 2 aromatic rings. The number of ether oxygens (including phenoxy) is 1. The highest BCUT2D eigenvalue weighted by Crippen LogP contribution is 2.23. The summed E-state index contributed by atoms with van der Waals surface area (Å²) in [4.78, 5) is 12.5. The van der Waals surface area contributed by atoms with Crippen LogP contribution in [0.15, 0.2) is 42.5 Å². The average Bonchev–Trinajstić information content (AvgIpc) is 2.56. The van der Waals surface area contributed by atoms with E-state index in [1.54, 1.807) is 12.1 Å². The predicted octanol–water partition coefficient (Wildman–Crippen LogP) is 4.48. The first-order chi connectivity index (χ1) is 11.4. The fourth-order valence-corrected chi connectivity index (χ4v) is 2.47. The molecular formula is C20H24FNO2. The zero-order valence-electron chi connectivity index (χ0n) is 14.6. The Kier molecular flexibility index (Phi) is 5.96. The second-order valence-corrected chi connectivity index (χ2v) is 5.99. The lowest BCUT2D eigenvalue weighted by atomic mass is 10.1. The number of aryl methyl sites for hydroxylation is 1. The van der Waals surface area contributed by atoms with Gasteiger partial charge in [0.1, 0.15) is 11.6 Å². The Labute approximate surface area is 142 Å². The smallest absolute Gasteiger partial charge is 0.261 e. The third-order valence-corrected chi connectivity index (χ3v) is 4.22. The second kappa shape index (κ2) is 7.95. The molecule has 2 atom stereocenters. The minimum atomic E-state index is -0.562. The molecule has 0 aromatic heterocycles. The molecule has 24 heavy (non-hydrogen) atoms. The Hall–Kier alpha value is -2.36. The van der Waals surface area contributed by atoms with Crippen LogP contribution in [0.3, 0.4) is 0 Å². The third kappa shape index (κ3) is 4.34. The molecule has 1 amide bonds. The fourth-order valence-electron chi connectivity index (χ4n) is 2.47. The van der Waals surface area contributed by atoms with Gasteiger partial charge in [0, 0.05) is 0 Å². The van der Waals surface area contributed by atoms with Crippen LogP contribution in [-0.2, 0) is 4.79 Å². The summed E-state index contributed by atoms with van der Waals surface area (Å²) in [6.45, 7) is 7.78. The molecule has 0 spiro atoms. The van der Waals surface area contributed by atoms with Gasteiger partial charge < -0.3 is 10.1 Å². The first-order valence-electron chi connectivity index (χ1n) is 8.21. The van der Waals surface area contributed by atoms with Gasteiger partial charge in [0.05, 0.1) is 6.04 Å². The summed E-state index contributed by atoms with van der Waals surface area (Å²) in [6, 6.07) is 11.7. The van der Waals surface area contributed by atoms with E-state index in [0.29, 0.717) is 6.42 Å². The molecule has 0 fully saturated rings. The van der Waals surface area contributed by atoms with Crippen LogP contribution >= 0.6 is 0 Å². The Bertz CT molecular complexity index is 697. The molecule has 0 radical (unpaired) electrons. The van der Waals surface area contributed by atoms with E-state index in [1.165, 1.54) is 12.1 Å². The number of carbonyl (C=O) groups excluding carboxylic acids is 1. The predicted molar refractivity (Wildman–Crippen MR) is 93.6 cm³/mol. The van der Waals surface area contributed by atoms with Crippen molar-refractivity contribution in [3.8, 4) is 5.75 Å². The van der Waals surface area contributed by atoms with E-state index < -0.39 is 6.10 Å². The van der Waals surface area contributed by atoms with E-state index in [1.807, 2.05) is 45.9 Å². The second-order valence-electron chi connectivity index (χ2n) is 5.99. The van der Waals surface area contributed by atoms with Crippen LogP contribution < -0.4 is 10.1 Å². The summed E-state index contributed by atoms with van der Waals surface area (Å²) in [5.41, 5.74) is 3.02. The van der Waals surface area contributed by atoms with Gasteiger partial charge >= 0.3 is 0 Å². The topological polar surface area (TPSA) is 38.3 Å². The number of hydrogen-bond donors (Lipinski definition) is 1. The van der Waals surface area contributed by atoms with Crippen molar-refractivity contribution in [1.82, 2.24) is 5.32 Å². The normalized spacial score (nSPS) is 13.2. The lowest BCUT2D eigenvalue weighted by molar-refractivity contribution is -0.128. The Balaban J connectivity index is 2.05. The maximum Gasteiger partial charge on any atom is 0.261 e. The number of rotatable bonds is 6. The molecule has 0 saturated heterocycles. The Morgan fingerprint density at radius 2 is 1.83 bits per heavy atom. The summed E-state index contributed by atoms with van der Waals surface area (Å²) >= 11 is 0. The van der Waals surface area contributed by atoms with Crippen molar-refractivity contribution in [2.45, 2.75) is 46.3 Å². The van der Waals surface area contributed by atoms with Gasteiger partial charge in [-0.25, -0.2) is 4.39 Å². The number of hydrogen-bond acceptors (Lipinski definition) is 2. The van der Waals surface area contributed by atoms with Gasteiger partial charge in [-0.1, -0.05) is 31.2 Å². The molecule has 2 aromatic carbocycles. The first-order valence-corrected chi connectivity index (χ1v) is 8.21. The van der Waals surface area contributed by atoms with Crippen LogP contribution in [0.1, 0.15) is 43.0 Å². The average molecular weight is 329 g/mol. The van der Waals surface area contributed by atoms with Crippen LogP contribution in [0.2, 0.25) is 0 Å². The van der Waals surface area contributed by atoms with Crippen LogP contribution in [0.25, 0.3) is 0 Å². The van der Waals surface area contributed by atoms with E-state index in [2.05, 4.69) is 5.32 Å². The molecule has 1 N–H and O–H groups in total. The van der Waals surface area contributed by atoms with Gasteiger partial charge in [-0.05, 0) is 62.1 Å². The minimum Gasteiger partial charge on any atom is -0.480 e. The van der Waals surface area contributed by atoms with E-state index in [9.17, 15) is 9.18 Å². The van der Waals surface area contributed by atoms with Crippen molar-refractivity contribution >= 4 is 5.91 Å². The van der Waals surface area contributed by atoms with Gasteiger partial charge in [-0.2, -0.15) is 0 Å². The summed E-state index contributed by atoms with van der Waals surface area (Å²) in [5, 5.41) is 2.93. The summed E-state index contributed by atoms with van der Waals surface area (Å²) in [7, 11) is 0. The highest BCUT2D eigenvalue weighted by Gasteiger charge is 2.21. The molecule has 0 bridgehead atoms. The number of carbonyl (C=O) groups is 1. The fraction of sp³-hybridized carbons (Fsp3) is 0.350. The molecule has 0 aliphatic heterocycles. The maximum absolute atomic E-state index is 13.0. The Morgan fingerprint density at radius 3 is 2.46 bits per heavy atom. The lowest BCUT2D eigenvalue weighted by Crippen LogP contribution is -2.39. The summed E-state index contributed by atoms with van der Waals surface area (Å²) in [6.07, 6.45) is 0.00317. The molecule has 0 saturated carbocycles. The third-order valence-electron chi connectivity index (χ3n) is 4.22. The van der Waals surface area contributed by atoms with Gasteiger partial charge in [-0.3, -0.25) is 4.79 Å². The molecule has 0 unspecified atom stereocenters. The van der Waals surface area contributed by atoms with Crippen molar-refractivity contribution in [3.63, 3.8) is 0 Å². The van der Waals surface area contributed by atoms with E-state index in [4.69, 9.17) is 4.74 Å². The van der Waals surface area contributed by atoms with E-state index in [0.717, 1.165) is 22.4 Å². The van der Waals surface area contributed by atoms with Crippen molar-refractivity contribution < 1.29 is 13.9 Å². The number of nitrogens with one attached hydrogen (secondary N) is 1. The van der Waals surface area contributed by atoms with E-state index in [-0.39, 0.29) is 17.8 Å². The molecule has 3 nitrogen and oxygen atoms in total. The quantitative estimate of drug-likeness (QED) is 0.849. The van der Waals surface area contributed by atoms with Crippen LogP contribution in [0.4, 0.5) is 4.39 Å². The minimum absolute atomic E-state index is 0.171. The summed E-state index contributed by atoms with van der Waals surface area (Å²) < 4.78 is 18.9. The molecule has 0 aliphatic carbocycles. The van der Waals surface area contributed by atoms with Gasteiger partial charge in [0.2, 0.25) is 0 Å². The first kappa shape index (κ1) is 18.0. The molecule has 4 heteroatoms. The van der Waals surface area contributed by atoms with E-state index >= 15 is 0 Å². The van der Waals surface area contributed by atoms with Gasteiger partial charge in [0.15, 0.2) is 6.10 Å². The van der Waals surface area contributed by atoms with Crippen molar-refractivity contribution in [1.29, 1.82) is 0 Å². The molecule has 0 heterocycles. The van der Waals surface area contributed by atoms with Crippen LogP contribution in [0.5, 0.6) is 5.75 Å². The Morgan fingerprint density at radius 1 is 1.17 bits per heavy atom. The van der Waals surface area contributed by atoms with Crippen molar-refractivity contribution in [3.05, 3.63) is 65.0 Å². The standard InChI is InChI=1S/C20H24FNO2/c1-5-18(24-19-8-6-7-13(2)14(19)3)20(23)22-15(4)16-9-11-17(21)12-10-16/h6-12,15,18H,5H2,1-4H3,(H,22,23)/t15-,18-/m0/s1. The molecule has 2 rings (SSSR count). The number of amides is 1. The van der Waals surface area contributed by atoms with Crippen molar-refractivity contribution in [2.24, 2.45) is 0 Å². The van der Waals surface area contributed by atoms with Gasteiger partial charge in [0.25, 0.3) is 5.91 Å². The van der Waals surface area contributed by atoms with Crippen LogP contribution in [0, 0.1) is 19.7 Å². The maximum atomic E-state index is 13.0. The number of benzene rings is 2. The van der Waals surface area contributed by atoms with Crippen LogP contribution in [-0.4, -0.2) is 12.0 Å². The lowest BCUT2D eigenvalue weighted by Gasteiger charge is -2.22. The zero-order chi connectivity index (χ0) is 17.7. The summed E-state index contributed by atoms with van der Waals surface area (Å²) in [5.74, 6) is 0.267. The number of halogens is 1. The molecule has 0 aliphatic rings. The monoisotopic (exact) mass is 329 g/mol. The SMILES string of the molecule is CC[C@H](Oc1cccc(C)c1C)C(=O)N[C@@H](C)c1ccc(F)cc1. The highest BCUT2D eigenvalue weighted by atomic mass is 19.1.